The Hall–Kier alpha value is -1.61. The summed E-state index contributed by atoms with van der Waals surface area (Å²) in [4.78, 5) is 7.36. The van der Waals surface area contributed by atoms with Gasteiger partial charge >= 0.3 is 0 Å². The fourth-order valence-corrected chi connectivity index (χ4v) is 3.08. The zero-order valence-corrected chi connectivity index (χ0v) is 12.7. The van der Waals surface area contributed by atoms with Crippen LogP contribution in [0.1, 0.15) is 37.8 Å². The number of benzene rings is 1. The van der Waals surface area contributed by atoms with E-state index in [1.54, 1.807) is 0 Å². The lowest BCUT2D eigenvalue weighted by Crippen LogP contribution is -2.37. The Bertz CT molecular complexity index is 644. The van der Waals surface area contributed by atoms with Gasteiger partial charge in [0.05, 0.1) is 5.69 Å². The van der Waals surface area contributed by atoms with Crippen LogP contribution in [0.2, 0.25) is 0 Å². The van der Waals surface area contributed by atoms with Crippen LogP contribution in [0.3, 0.4) is 0 Å². The molecule has 1 aromatic heterocycles. The summed E-state index contributed by atoms with van der Waals surface area (Å²) in [7, 11) is 2.21. The molecule has 4 rings (SSSR count). The Balaban J connectivity index is 1.70. The molecule has 21 heavy (non-hydrogen) atoms. The standard InChI is InChI=1S/C18H23N3/c1-21(16-6-4-7-16)18-17-8-3-2-5-13(17)11-15(20-18)12-19-14-9-10-14/h2-3,5,8,11,14,16,19H,4,6-7,9-10,12H2,1H3. The minimum atomic E-state index is 0.674. The van der Waals surface area contributed by atoms with Crippen molar-refractivity contribution in [2.75, 3.05) is 11.9 Å². The van der Waals surface area contributed by atoms with E-state index in [1.165, 1.54) is 48.6 Å². The molecule has 2 saturated carbocycles. The first-order valence-corrected chi connectivity index (χ1v) is 8.16. The van der Waals surface area contributed by atoms with Gasteiger partial charge in [-0.3, -0.25) is 0 Å². The third-order valence-electron chi connectivity index (χ3n) is 4.88. The van der Waals surface area contributed by atoms with Crippen molar-refractivity contribution in [3.05, 3.63) is 36.0 Å². The smallest absolute Gasteiger partial charge is 0.136 e. The zero-order chi connectivity index (χ0) is 14.2. The summed E-state index contributed by atoms with van der Waals surface area (Å²) in [5.41, 5.74) is 1.17. The quantitative estimate of drug-likeness (QED) is 0.909. The summed E-state index contributed by atoms with van der Waals surface area (Å²) < 4.78 is 0. The van der Waals surface area contributed by atoms with Gasteiger partial charge in [0, 0.05) is 31.1 Å². The molecular formula is C18H23N3. The highest BCUT2D eigenvalue weighted by Gasteiger charge is 2.25. The molecule has 0 bridgehead atoms. The van der Waals surface area contributed by atoms with E-state index in [2.05, 4.69) is 47.6 Å². The van der Waals surface area contributed by atoms with Gasteiger partial charge < -0.3 is 10.2 Å². The highest BCUT2D eigenvalue weighted by molar-refractivity contribution is 5.92. The first kappa shape index (κ1) is 13.1. The summed E-state index contributed by atoms with van der Waals surface area (Å²) in [5.74, 6) is 1.16. The highest BCUT2D eigenvalue weighted by atomic mass is 15.2. The molecule has 0 spiro atoms. The first-order valence-electron chi connectivity index (χ1n) is 8.16. The van der Waals surface area contributed by atoms with E-state index in [9.17, 15) is 0 Å². The van der Waals surface area contributed by atoms with Gasteiger partial charge in [-0.05, 0) is 43.6 Å². The lowest BCUT2D eigenvalue weighted by atomic mass is 9.91. The van der Waals surface area contributed by atoms with Crippen LogP contribution in [0.25, 0.3) is 10.8 Å². The Morgan fingerprint density at radius 2 is 2.00 bits per heavy atom. The molecule has 2 aliphatic rings. The van der Waals surface area contributed by atoms with Crippen LogP contribution in [0.15, 0.2) is 30.3 Å². The Morgan fingerprint density at radius 1 is 1.19 bits per heavy atom. The van der Waals surface area contributed by atoms with Gasteiger partial charge in [-0.2, -0.15) is 0 Å². The normalized spacial score (nSPS) is 18.7. The number of hydrogen-bond acceptors (Lipinski definition) is 3. The van der Waals surface area contributed by atoms with Gasteiger partial charge in [0.25, 0.3) is 0 Å². The van der Waals surface area contributed by atoms with Crippen molar-refractivity contribution in [1.29, 1.82) is 0 Å². The van der Waals surface area contributed by atoms with Crippen molar-refractivity contribution in [3.63, 3.8) is 0 Å². The Kier molecular flexibility index (Phi) is 3.30. The molecule has 0 atom stereocenters. The lowest BCUT2D eigenvalue weighted by molar-refractivity contribution is 0.399. The van der Waals surface area contributed by atoms with Crippen LogP contribution < -0.4 is 10.2 Å². The minimum Gasteiger partial charge on any atom is -0.356 e. The maximum Gasteiger partial charge on any atom is 0.136 e. The number of anilines is 1. The average Bonchev–Trinajstić information content (AvgIpc) is 3.26. The molecule has 0 radical (unpaired) electrons. The Morgan fingerprint density at radius 3 is 2.71 bits per heavy atom. The maximum absolute atomic E-state index is 4.97. The number of hydrogen-bond donors (Lipinski definition) is 1. The second-order valence-corrected chi connectivity index (χ2v) is 6.51. The summed E-state index contributed by atoms with van der Waals surface area (Å²) in [5, 5.41) is 6.17. The summed E-state index contributed by atoms with van der Waals surface area (Å²) in [6, 6.07) is 12.3. The van der Waals surface area contributed by atoms with Crippen molar-refractivity contribution in [3.8, 4) is 0 Å². The van der Waals surface area contributed by atoms with Crippen molar-refractivity contribution in [1.82, 2.24) is 10.3 Å². The molecule has 1 heterocycles. The van der Waals surface area contributed by atoms with Crippen LogP contribution in [-0.2, 0) is 6.54 Å². The summed E-state index contributed by atoms with van der Waals surface area (Å²) in [6.07, 6.45) is 6.61. The Labute approximate surface area is 126 Å². The molecule has 0 unspecified atom stereocenters. The molecule has 1 N–H and O–H groups in total. The molecule has 1 aromatic carbocycles. The molecule has 3 heteroatoms. The van der Waals surface area contributed by atoms with Crippen molar-refractivity contribution in [2.24, 2.45) is 0 Å². The van der Waals surface area contributed by atoms with Gasteiger partial charge in [0.15, 0.2) is 0 Å². The minimum absolute atomic E-state index is 0.674. The van der Waals surface area contributed by atoms with Crippen molar-refractivity contribution >= 4 is 16.6 Å². The fourth-order valence-electron chi connectivity index (χ4n) is 3.08. The van der Waals surface area contributed by atoms with Crippen LogP contribution in [-0.4, -0.2) is 24.1 Å². The van der Waals surface area contributed by atoms with E-state index in [-0.39, 0.29) is 0 Å². The number of rotatable bonds is 5. The van der Waals surface area contributed by atoms with Gasteiger partial charge in [-0.25, -0.2) is 4.98 Å². The van der Waals surface area contributed by atoms with E-state index < -0.39 is 0 Å². The second-order valence-electron chi connectivity index (χ2n) is 6.51. The maximum atomic E-state index is 4.97. The number of nitrogens with zero attached hydrogens (tertiary/aromatic N) is 2. The molecule has 2 aromatic rings. The summed E-state index contributed by atoms with van der Waals surface area (Å²) >= 11 is 0. The van der Waals surface area contributed by atoms with Crippen LogP contribution in [0.4, 0.5) is 5.82 Å². The molecule has 110 valence electrons. The average molecular weight is 281 g/mol. The molecule has 0 amide bonds. The van der Waals surface area contributed by atoms with E-state index >= 15 is 0 Å². The monoisotopic (exact) mass is 281 g/mol. The van der Waals surface area contributed by atoms with Crippen LogP contribution in [0, 0.1) is 0 Å². The van der Waals surface area contributed by atoms with Gasteiger partial charge in [0.1, 0.15) is 5.82 Å². The molecule has 3 nitrogen and oxygen atoms in total. The third-order valence-corrected chi connectivity index (χ3v) is 4.88. The summed E-state index contributed by atoms with van der Waals surface area (Å²) in [6.45, 7) is 0.890. The van der Waals surface area contributed by atoms with E-state index in [4.69, 9.17) is 4.98 Å². The van der Waals surface area contributed by atoms with E-state index in [0.717, 1.165) is 18.4 Å². The van der Waals surface area contributed by atoms with Gasteiger partial charge in [-0.15, -0.1) is 0 Å². The van der Waals surface area contributed by atoms with Crippen molar-refractivity contribution in [2.45, 2.75) is 50.7 Å². The van der Waals surface area contributed by atoms with Crippen LogP contribution in [0.5, 0.6) is 0 Å². The topological polar surface area (TPSA) is 28.2 Å². The molecule has 0 aliphatic heterocycles. The predicted molar refractivity (Wildman–Crippen MR) is 87.6 cm³/mol. The third kappa shape index (κ3) is 2.62. The van der Waals surface area contributed by atoms with Crippen molar-refractivity contribution < 1.29 is 0 Å². The van der Waals surface area contributed by atoms with Gasteiger partial charge in [-0.1, -0.05) is 24.3 Å². The first-order chi connectivity index (χ1) is 10.3. The number of aromatic nitrogens is 1. The predicted octanol–water partition coefficient (Wildman–Crippen LogP) is 3.48. The van der Waals surface area contributed by atoms with E-state index in [1.807, 2.05) is 0 Å². The number of nitrogens with one attached hydrogen (secondary N) is 1. The number of pyridine rings is 1. The van der Waals surface area contributed by atoms with Crippen LogP contribution >= 0.6 is 0 Å². The lowest BCUT2D eigenvalue weighted by Gasteiger charge is -2.36. The van der Waals surface area contributed by atoms with Gasteiger partial charge in [0.2, 0.25) is 0 Å². The molecule has 0 saturated heterocycles. The zero-order valence-electron chi connectivity index (χ0n) is 12.7. The largest absolute Gasteiger partial charge is 0.356 e. The second kappa shape index (κ2) is 5.30. The highest BCUT2D eigenvalue weighted by Crippen LogP contribution is 2.32. The number of fused-ring (bicyclic) bond motifs is 1. The SMILES string of the molecule is CN(c1nc(CNC2CC2)cc2ccccc12)C1CCC1. The molecule has 2 aliphatic carbocycles. The fraction of sp³-hybridized carbons (Fsp3) is 0.500. The molecular weight excluding hydrogens is 258 g/mol. The molecule has 2 fully saturated rings. The van der Waals surface area contributed by atoms with E-state index in [0.29, 0.717) is 6.04 Å².